The molecule has 3 aromatic carbocycles. The van der Waals surface area contributed by atoms with Crippen LogP contribution >= 0.6 is 23.2 Å². The lowest BCUT2D eigenvalue weighted by Crippen LogP contribution is -2.57. The second-order valence-corrected chi connectivity index (χ2v) is 10.00. The van der Waals surface area contributed by atoms with Gasteiger partial charge in [-0.25, -0.2) is 0 Å². The molecule has 3 N–H and O–H groups in total. The van der Waals surface area contributed by atoms with Crippen molar-refractivity contribution in [1.29, 1.82) is 0 Å². The Morgan fingerprint density at radius 1 is 1.06 bits per heavy atom. The monoisotopic (exact) mass is 524 g/mol. The third kappa shape index (κ3) is 4.03. The van der Waals surface area contributed by atoms with Crippen molar-refractivity contribution in [3.63, 3.8) is 0 Å². The van der Waals surface area contributed by atoms with Gasteiger partial charge in [-0.15, -0.1) is 0 Å². The van der Waals surface area contributed by atoms with Gasteiger partial charge in [-0.3, -0.25) is 9.59 Å². The molecule has 5 rings (SSSR count). The SMILES string of the molecule is CCc1ccc(OCCO)c([C@H]2NC(=O)C[C@@H](c3cccc(Cl)c3)[C@]23C(=O)Nc2cc(Cl)ccc23)c1. The van der Waals surface area contributed by atoms with Crippen molar-refractivity contribution < 1.29 is 19.4 Å². The number of carbonyl (C=O) groups is 2. The van der Waals surface area contributed by atoms with Gasteiger partial charge in [0.15, 0.2) is 0 Å². The number of halogens is 2. The number of ether oxygens (including phenoxy) is 1. The topological polar surface area (TPSA) is 87.7 Å². The van der Waals surface area contributed by atoms with E-state index in [-0.39, 0.29) is 31.4 Å². The number of benzene rings is 3. The zero-order valence-electron chi connectivity index (χ0n) is 19.7. The molecule has 1 saturated heterocycles. The van der Waals surface area contributed by atoms with Crippen LogP contribution in [0.25, 0.3) is 0 Å². The van der Waals surface area contributed by atoms with Crippen molar-refractivity contribution in [2.75, 3.05) is 18.5 Å². The van der Waals surface area contributed by atoms with Crippen LogP contribution in [-0.4, -0.2) is 30.1 Å². The Hall–Kier alpha value is -3.06. The number of hydrogen-bond donors (Lipinski definition) is 3. The Labute approximate surface area is 219 Å². The quantitative estimate of drug-likeness (QED) is 0.415. The Bertz CT molecular complexity index is 1340. The fourth-order valence-corrected chi connectivity index (χ4v) is 5.97. The number of nitrogens with one attached hydrogen (secondary N) is 2. The zero-order valence-corrected chi connectivity index (χ0v) is 21.2. The summed E-state index contributed by atoms with van der Waals surface area (Å²) in [6.45, 7) is 1.96. The number of aliphatic hydroxyl groups excluding tert-OH is 1. The highest BCUT2D eigenvalue weighted by molar-refractivity contribution is 6.31. The third-order valence-electron chi connectivity index (χ3n) is 7.14. The van der Waals surface area contributed by atoms with Crippen LogP contribution in [0.3, 0.4) is 0 Å². The minimum absolute atomic E-state index is 0.0856. The number of carbonyl (C=O) groups excluding carboxylic acids is 2. The van der Waals surface area contributed by atoms with Crippen LogP contribution in [0, 0.1) is 0 Å². The molecule has 186 valence electrons. The molecular weight excluding hydrogens is 499 g/mol. The lowest BCUT2D eigenvalue weighted by molar-refractivity contribution is -0.131. The summed E-state index contributed by atoms with van der Waals surface area (Å²) < 4.78 is 5.90. The summed E-state index contributed by atoms with van der Waals surface area (Å²) in [5.74, 6) is -0.410. The van der Waals surface area contributed by atoms with E-state index in [1.165, 1.54) is 0 Å². The van der Waals surface area contributed by atoms with Crippen molar-refractivity contribution >= 4 is 40.7 Å². The largest absolute Gasteiger partial charge is 0.491 e. The van der Waals surface area contributed by atoms with Crippen LogP contribution in [0.2, 0.25) is 10.0 Å². The van der Waals surface area contributed by atoms with Gasteiger partial charge in [-0.1, -0.05) is 54.4 Å². The van der Waals surface area contributed by atoms with E-state index in [4.69, 9.17) is 27.9 Å². The first-order chi connectivity index (χ1) is 17.4. The zero-order chi connectivity index (χ0) is 25.4. The van der Waals surface area contributed by atoms with Gasteiger partial charge in [-0.2, -0.15) is 0 Å². The Morgan fingerprint density at radius 3 is 2.61 bits per heavy atom. The van der Waals surface area contributed by atoms with Gasteiger partial charge in [0.25, 0.3) is 0 Å². The van der Waals surface area contributed by atoms with E-state index in [1.807, 2.05) is 49.4 Å². The molecule has 2 heterocycles. The Balaban J connectivity index is 1.80. The average Bonchev–Trinajstić information content (AvgIpc) is 3.14. The van der Waals surface area contributed by atoms with Crippen LogP contribution in [-0.2, 0) is 21.4 Å². The summed E-state index contributed by atoms with van der Waals surface area (Å²) >= 11 is 12.7. The maximum Gasteiger partial charge on any atom is 0.238 e. The van der Waals surface area contributed by atoms with E-state index in [2.05, 4.69) is 10.6 Å². The first kappa shape index (κ1) is 24.6. The van der Waals surface area contributed by atoms with Gasteiger partial charge in [0.2, 0.25) is 11.8 Å². The van der Waals surface area contributed by atoms with Gasteiger partial charge in [0.05, 0.1) is 12.6 Å². The van der Waals surface area contributed by atoms with Crippen molar-refractivity contribution in [1.82, 2.24) is 5.32 Å². The van der Waals surface area contributed by atoms with Crippen LogP contribution in [0.5, 0.6) is 5.75 Å². The maximum atomic E-state index is 14.1. The highest BCUT2D eigenvalue weighted by Gasteiger charge is 2.61. The summed E-state index contributed by atoms with van der Waals surface area (Å²) in [4.78, 5) is 27.4. The Kier molecular flexibility index (Phi) is 6.68. The highest BCUT2D eigenvalue weighted by atomic mass is 35.5. The molecule has 3 atom stereocenters. The molecule has 3 aromatic rings. The minimum Gasteiger partial charge on any atom is -0.491 e. The van der Waals surface area contributed by atoms with Crippen molar-refractivity contribution in [3.8, 4) is 5.75 Å². The lowest BCUT2D eigenvalue weighted by Gasteiger charge is -2.46. The smallest absolute Gasteiger partial charge is 0.238 e. The lowest BCUT2D eigenvalue weighted by atomic mass is 9.59. The van der Waals surface area contributed by atoms with Crippen LogP contribution in [0.4, 0.5) is 5.69 Å². The van der Waals surface area contributed by atoms with Crippen molar-refractivity contribution in [3.05, 3.63) is 93.0 Å². The molecule has 2 amide bonds. The van der Waals surface area contributed by atoms with Crippen LogP contribution < -0.4 is 15.4 Å². The molecule has 0 saturated carbocycles. The number of aliphatic hydroxyl groups is 1. The summed E-state index contributed by atoms with van der Waals surface area (Å²) in [5.41, 5.74) is 2.69. The molecule has 1 fully saturated rings. The van der Waals surface area contributed by atoms with Gasteiger partial charge in [0.1, 0.15) is 17.8 Å². The molecule has 1 spiro atoms. The fourth-order valence-electron chi connectivity index (χ4n) is 5.60. The molecule has 0 aromatic heterocycles. The predicted molar refractivity (Wildman–Crippen MR) is 140 cm³/mol. The Morgan fingerprint density at radius 2 is 1.86 bits per heavy atom. The number of hydrogen-bond acceptors (Lipinski definition) is 4. The number of anilines is 1. The highest BCUT2D eigenvalue weighted by Crippen LogP contribution is 2.58. The molecule has 2 aliphatic heterocycles. The standard InChI is InChI=1S/C28H26Cl2N2O4/c1-2-16-6-9-24(36-11-10-33)20(12-16)26-28(21-8-7-19(30)14-23(21)31-27(28)35)22(15-25(34)32-26)17-4-3-5-18(29)13-17/h3-9,12-14,22,26,33H,2,10-11,15H2,1H3,(H,31,35)(H,32,34)/t22-,26+,28-/m0/s1. The fraction of sp³-hybridized carbons (Fsp3) is 0.286. The second-order valence-electron chi connectivity index (χ2n) is 9.12. The van der Waals surface area contributed by atoms with E-state index in [1.54, 1.807) is 18.2 Å². The molecule has 6 nitrogen and oxygen atoms in total. The molecule has 8 heteroatoms. The number of fused-ring (bicyclic) bond motifs is 2. The molecule has 0 radical (unpaired) electrons. The van der Waals surface area contributed by atoms with Gasteiger partial charge in [0, 0.05) is 33.6 Å². The number of aryl methyl sites for hydroxylation is 1. The molecular formula is C28H26Cl2N2O4. The summed E-state index contributed by atoms with van der Waals surface area (Å²) in [6.07, 6.45) is 0.865. The number of rotatable bonds is 6. The minimum atomic E-state index is -1.19. The van der Waals surface area contributed by atoms with E-state index in [0.29, 0.717) is 27.0 Å². The van der Waals surface area contributed by atoms with Gasteiger partial charge >= 0.3 is 0 Å². The van der Waals surface area contributed by atoms with Gasteiger partial charge < -0.3 is 20.5 Å². The average molecular weight is 525 g/mol. The third-order valence-corrected chi connectivity index (χ3v) is 7.61. The summed E-state index contributed by atoms with van der Waals surface area (Å²) in [6, 6.07) is 17.7. The first-order valence-corrected chi connectivity index (χ1v) is 12.7. The van der Waals surface area contributed by atoms with Crippen molar-refractivity contribution in [2.45, 2.75) is 37.1 Å². The normalized spacial score (nSPS) is 22.8. The van der Waals surface area contributed by atoms with Crippen LogP contribution in [0.15, 0.2) is 60.7 Å². The van der Waals surface area contributed by atoms with Crippen molar-refractivity contribution in [2.24, 2.45) is 0 Å². The molecule has 2 aliphatic rings. The number of amides is 2. The number of piperidine rings is 1. The predicted octanol–water partition coefficient (Wildman–Crippen LogP) is 5.16. The summed E-state index contributed by atoms with van der Waals surface area (Å²) in [5, 5.41) is 16.6. The summed E-state index contributed by atoms with van der Waals surface area (Å²) in [7, 11) is 0. The van der Waals surface area contributed by atoms with E-state index < -0.39 is 17.4 Å². The second kappa shape index (κ2) is 9.77. The van der Waals surface area contributed by atoms with Crippen LogP contribution in [0.1, 0.15) is 47.6 Å². The maximum absolute atomic E-state index is 14.1. The molecule has 0 bridgehead atoms. The van der Waals surface area contributed by atoms with E-state index in [9.17, 15) is 14.7 Å². The van der Waals surface area contributed by atoms with E-state index in [0.717, 1.165) is 23.1 Å². The van der Waals surface area contributed by atoms with E-state index >= 15 is 0 Å². The van der Waals surface area contributed by atoms with Gasteiger partial charge in [-0.05, 0) is 59.5 Å². The molecule has 0 unspecified atom stereocenters. The molecule has 0 aliphatic carbocycles. The molecule has 36 heavy (non-hydrogen) atoms. The first-order valence-electron chi connectivity index (χ1n) is 11.9.